The topological polar surface area (TPSA) is 94.6 Å². The van der Waals surface area contributed by atoms with E-state index in [1.165, 1.54) is 11.3 Å². The summed E-state index contributed by atoms with van der Waals surface area (Å²) in [5, 5.41) is 15.6. The van der Waals surface area contributed by atoms with Gasteiger partial charge in [0.05, 0.1) is 4.88 Å². The number of anilines is 1. The smallest absolute Gasteiger partial charge is 0.355 e. The van der Waals surface area contributed by atoms with Crippen LogP contribution >= 0.6 is 11.3 Å². The number of aromatic carboxylic acids is 1. The number of hydrogen-bond acceptors (Lipinski definition) is 6. The SMILES string of the molecule is CCC(=O)Nc1nc(C(=O)O)c(CN2CCCNCC2)s1. The molecule has 0 bridgehead atoms. The molecule has 2 rings (SSSR count). The van der Waals surface area contributed by atoms with Gasteiger partial charge < -0.3 is 15.7 Å². The van der Waals surface area contributed by atoms with Crippen LogP contribution in [0.15, 0.2) is 0 Å². The maximum atomic E-state index is 11.4. The van der Waals surface area contributed by atoms with Crippen molar-refractivity contribution in [2.75, 3.05) is 31.5 Å². The van der Waals surface area contributed by atoms with Gasteiger partial charge in [0.1, 0.15) is 0 Å². The molecule has 0 aliphatic carbocycles. The Morgan fingerprint density at radius 2 is 2.24 bits per heavy atom. The Morgan fingerprint density at radius 3 is 2.95 bits per heavy atom. The van der Waals surface area contributed by atoms with Crippen molar-refractivity contribution in [3.63, 3.8) is 0 Å². The van der Waals surface area contributed by atoms with E-state index in [4.69, 9.17) is 0 Å². The van der Waals surface area contributed by atoms with Gasteiger partial charge in [0, 0.05) is 26.1 Å². The third kappa shape index (κ3) is 4.48. The zero-order valence-corrected chi connectivity index (χ0v) is 12.8. The average Bonchev–Trinajstić information content (AvgIpc) is 2.67. The molecule has 7 nitrogen and oxygen atoms in total. The predicted octanol–water partition coefficient (Wildman–Crippen LogP) is 0.985. The van der Waals surface area contributed by atoms with Crippen LogP contribution in [-0.4, -0.2) is 53.0 Å². The number of rotatable bonds is 5. The summed E-state index contributed by atoms with van der Waals surface area (Å²) in [6.07, 6.45) is 1.38. The number of carboxylic acid groups (broad SMARTS) is 1. The number of hydrogen-bond donors (Lipinski definition) is 3. The molecular formula is C13H20N4O3S. The van der Waals surface area contributed by atoms with Gasteiger partial charge in [0.15, 0.2) is 10.8 Å². The minimum Gasteiger partial charge on any atom is -0.476 e. The first kappa shape index (κ1) is 15.9. The first-order valence-electron chi connectivity index (χ1n) is 7.06. The summed E-state index contributed by atoms with van der Waals surface area (Å²) < 4.78 is 0. The van der Waals surface area contributed by atoms with Gasteiger partial charge in [-0.15, -0.1) is 0 Å². The van der Waals surface area contributed by atoms with Crippen molar-refractivity contribution in [1.82, 2.24) is 15.2 Å². The molecule has 21 heavy (non-hydrogen) atoms. The molecular weight excluding hydrogens is 292 g/mol. The van der Waals surface area contributed by atoms with Crippen LogP contribution in [0.3, 0.4) is 0 Å². The van der Waals surface area contributed by atoms with Crippen molar-refractivity contribution >= 4 is 28.3 Å². The lowest BCUT2D eigenvalue weighted by Gasteiger charge is -2.18. The maximum absolute atomic E-state index is 11.4. The Bertz CT molecular complexity index is 510. The number of amides is 1. The molecule has 1 amide bonds. The third-order valence-electron chi connectivity index (χ3n) is 3.27. The predicted molar refractivity (Wildman–Crippen MR) is 80.8 cm³/mol. The van der Waals surface area contributed by atoms with Crippen molar-refractivity contribution in [3.8, 4) is 0 Å². The number of carboxylic acids is 1. The summed E-state index contributed by atoms with van der Waals surface area (Å²) in [7, 11) is 0. The van der Waals surface area contributed by atoms with Gasteiger partial charge in [-0.25, -0.2) is 9.78 Å². The molecule has 0 atom stereocenters. The van der Waals surface area contributed by atoms with Crippen molar-refractivity contribution in [3.05, 3.63) is 10.6 Å². The van der Waals surface area contributed by atoms with Crippen molar-refractivity contribution in [2.24, 2.45) is 0 Å². The van der Waals surface area contributed by atoms with Crippen LogP contribution in [-0.2, 0) is 11.3 Å². The van der Waals surface area contributed by atoms with E-state index in [-0.39, 0.29) is 11.6 Å². The highest BCUT2D eigenvalue weighted by molar-refractivity contribution is 7.16. The number of nitrogens with one attached hydrogen (secondary N) is 2. The van der Waals surface area contributed by atoms with Gasteiger partial charge in [0.25, 0.3) is 0 Å². The molecule has 0 saturated carbocycles. The normalized spacial score (nSPS) is 16.4. The van der Waals surface area contributed by atoms with Crippen LogP contribution in [0.2, 0.25) is 0 Å². The molecule has 0 unspecified atom stereocenters. The van der Waals surface area contributed by atoms with Crippen LogP contribution in [0.4, 0.5) is 5.13 Å². The fourth-order valence-corrected chi connectivity index (χ4v) is 3.16. The van der Waals surface area contributed by atoms with Gasteiger partial charge in [0.2, 0.25) is 5.91 Å². The van der Waals surface area contributed by atoms with Gasteiger partial charge in [-0.2, -0.15) is 0 Å². The molecule has 1 fully saturated rings. The number of nitrogens with zero attached hydrogens (tertiary/aromatic N) is 2. The van der Waals surface area contributed by atoms with E-state index in [0.29, 0.717) is 23.0 Å². The number of thiazole rings is 1. The molecule has 1 saturated heterocycles. The monoisotopic (exact) mass is 312 g/mol. The molecule has 116 valence electrons. The van der Waals surface area contributed by atoms with Crippen molar-refractivity contribution < 1.29 is 14.7 Å². The van der Waals surface area contributed by atoms with Gasteiger partial charge in [-0.3, -0.25) is 9.69 Å². The Morgan fingerprint density at radius 1 is 1.43 bits per heavy atom. The lowest BCUT2D eigenvalue weighted by atomic mass is 10.3. The molecule has 0 spiro atoms. The first-order chi connectivity index (χ1) is 10.1. The summed E-state index contributed by atoms with van der Waals surface area (Å²) in [5.41, 5.74) is 0.0450. The number of carbonyl (C=O) groups excluding carboxylic acids is 1. The fourth-order valence-electron chi connectivity index (χ4n) is 2.15. The average molecular weight is 312 g/mol. The molecule has 1 aromatic rings. The Labute approximate surface area is 127 Å². The second-order valence-corrected chi connectivity index (χ2v) is 5.96. The second kappa shape index (κ2) is 7.48. The van der Waals surface area contributed by atoms with Crippen LogP contribution in [0.1, 0.15) is 35.1 Å². The number of carbonyl (C=O) groups is 2. The molecule has 1 aromatic heterocycles. The van der Waals surface area contributed by atoms with Gasteiger partial charge in [-0.1, -0.05) is 18.3 Å². The van der Waals surface area contributed by atoms with Crippen molar-refractivity contribution in [2.45, 2.75) is 26.3 Å². The van der Waals surface area contributed by atoms with E-state index in [1.807, 2.05) is 0 Å². The van der Waals surface area contributed by atoms with Crippen molar-refractivity contribution in [1.29, 1.82) is 0 Å². The fraction of sp³-hybridized carbons (Fsp3) is 0.615. The summed E-state index contributed by atoms with van der Waals surface area (Å²) in [6.45, 7) is 6.01. The molecule has 1 aliphatic rings. The van der Waals surface area contributed by atoms with E-state index >= 15 is 0 Å². The molecule has 0 radical (unpaired) electrons. The van der Waals surface area contributed by atoms with Crippen LogP contribution in [0.5, 0.6) is 0 Å². The van der Waals surface area contributed by atoms with Crippen LogP contribution < -0.4 is 10.6 Å². The highest BCUT2D eigenvalue weighted by Gasteiger charge is 2.20. The van der Waals surface area contributed by atoms with E-state index in [2.05, 4.69) is 20.5 Å². The largest absolute Gasteiger partial charge is 0.476 e. The lowest BCUT2D eigenvalue weighted by Crippen LogP contribution is -2.27. The summed E-state index contributed by atoms with van der Waals surface area (Å²) in [4.78, 5) is 29.6. The second-order valence-electron chi connectivity index (χ2n) is 4.88. The lowest BCUT2D eigenvalue weighted by molar-refractivity contribution is -0.115. The summed E-state index contributed by atoms with van der Waals surface area (Å²) in [6, 6.07) is 0. The Balaban J connectivity index is 2.12. The van der Waals surface area contributed by atoms with E-state index in [0.717, 1.165) is 32.6 Å². The Kier molecular flexibility index (Phi) is 5.66. The van der Waals surface area contributed by atoms with E-state index < -0.39 is 5.97 Å². The van der Waals surface area contributed by atoms with Crippen LogP contribution in [0, 0.1) is 0 Å². The minimum atomic E-state index is -1.05. The highest BCUT2D eigenvalue weighted by Crippen LogP contribution is 2.25. The Hall–Kier alpha value is -1.51. The maximum Gasteiger partial charge on any atom is 0.355 e. The molecule has 3 N–H and O–H groups in total. The highest BCUT2D eigenvalue weighted by atomic mass is 32.1. The molecule has 0 aromatic carbocycles. The van der Waals surface area contributed by atoms with E-state index in [1.54, 1.807) is 6.92 Å². The van der Waals surface area contributed by atoms with Gasteiger partial charge >= 0.3 is 5.97 Å². The van der Waals surface area contributed by atoms with Crippen LogP contribution in [0.25, 0.3) is 0 Å². The minimum absolute atomic E-state index is 0.0450. The first-order valence-corrected chi connectivity index (χ1v) is 7.87. The molecule has 8 heteroatoms. The summed E-state index contributed by atoms with van der Waals surface area (Å²) >= 11 is 1.25. The standard InChI is InChI=1S/C13H20N4O3S/c1-2-10(18)15-13-16-11(12(19)20)9(21-13)8-17-6-3-4-14-5-7-17/h14H,2-8H2,1H3,(H,19,20)(H,15,16,18). The zero-order chi connectivity index (χ0) is 15.2. The summed E-state index contributed by atoms with van der Waals surface area (Å²) in [5.74, 6) is -1.21. The molecule has 1 aliphatic heterocycles. The number of aromatic nitrogens is 1. The zero-order valence-electron chi connectivity index (χ0n) is 12.0. The molecule has 2 heterocycles. The van der Waals surface area contributed by atoms with E-state index in [9.17, 15) is 14.7 Å². The quantitative estimate of drug-likeness (QED) is 0.750. The van der Waals surface area contributed by atoms with Gasteiger partial charge in [-0.05, 0) is 19.5 Å². The third-order valence-corrected chi connectivity index (χ3v) is 4.22.